The summed E-state index contributed by atoms with van der Waals surface area (Å²) in [4.78, 5) is 29.9. The minimum absolute atomic E-state index is 0.197. The molecule has 2 N–H and O–H groups in total. The van der Waals surface area contributed by atoms with Gasteiger partial charge in [-0.15, -0.1) is 0 Å². The molecule has 2 amide bonds. The van der Waals surface area contributed by atoms with Crippen LogP contribution < -0.4 is 10.6 Å². The number of rotatable bonds is 4. The van der Waals surface area contributed by atoms with E-state index >= 15 is 0 Å². The number of anilines is 1. The summed E-state index contributed by atoms with van der Waals surface area (Å²) in [5, 5.41) is 5.74. The number of aromatic nitrogens is 2. The molecule has 0 unspecified atom stereocenters. The molecule has 0 atom stereocenters. The molecule has 1 saturated carbocycles. The average Bonchev–Trinajstić information content (AvgIpc) is 3.29. The van der Waals surface area contributed by atoms with E-state index < -0.39 is 11.7 Å². The van der Waals surface area contributed by atoms with Gasteiger partial charge in [0.05, 0.1) is 5.69 Å². The summed E-state index contributed by atoms with van der Waals surface area (Å²) in [6, 6.07) is 5.92. The molecule has 1 aromatic carbocycles. The molecule has 0 radical (unpaired) electrons. The normalized spacial score (nSPS) is 16.8. The predicted octanol–water partition coefficient (Wildman–Crippen LogP) is 3.28. The second-order valence-electron chi connectivity index (χ2n) is 7.26. The standard InChI is InChI=1S/C20H23FN4O2/c21-13-6-5-9-15(12-13)23-20(27)18-24-17(16-10-3-4-11-25(16)18)19(26)22-14-7-1-2-8-14/h5-6,9,12,14H,1-4,7-8,10-11H2,(H,22,26)(H,23,27). The van der Waals surface area contributed by atoms with E-state index in [1.54, 1.807) is 6.07 Å². The molecule has 0 spiro atoms. The van der Waals surface area contributed by atoms with Gasteiger partial charge in [0.25, 0.3) is 11.8 Å². The second-order valence-corrected chi connectivity index (χ2v) is 7.26. The van der Waals surface area contributed by atoms with Crippen LogP contribution in [0.3, 0.4) is 0 Å². The highest BCUT2D eigenvalue weighted by Gasteiger charge is 2.29. The van der Waals surface area contributed by atoms with Gasteiger partial charge in [0.1, 0.15) is 11.5 Å². The molecule has 1 aliphatic carbocycles. The van der Waals surface area contributed by atoms with Gasteiger partial charge in [-0.3, -0.25) is 9.59 Å². The van der Waals surface area contributed by atoms with Gasteiger partial charge in [0.2, 0.25) is 0 Å². The summed E-state index contributed by atoms with van der Waals surface area (Å²) < 4.78 is 15.2. The zero-order valence-corrected chi connectivity index (χ0v) is 15.1. The van der Waals surface area contributed by atoms with Gasteiger partial charge in [-0.25, -0.2) is 9.37 Å². The number of carbonyl (C=O) groups excluding carboxylic acids is 2. The van der Waals surface area contributed by atoms with Gasteiger partial charge < -0.3 is 15.2 Å². The molecule has 6 nitrogen and oxygen atoms in total. The summed E-state index contributed by atoms with van der Waals surface area (Å²) in [6.45, 7) is 0.658. The highest BCUT2D eigenvalue weighted by molar-refractivity contribution is 6.03. The minimum atomic E-state index is -0.427. The third-order valence-electron chi connectivity index (χ3n) is 5.31. The number of hydrogen-bond acceptors (Lipinski definition) is 3. The first-order valence-corrected chi connectivity index (χ1v) is 9.59. The average molecular weight is 370 g/mol. The predicted molar refractivity (Wildman–Crippen MR) is 99.2 cm³/mol. The van der Waals surface area contributed by atoms with Gasteiger partial charge in [-0.05, 0) is 50.3 Å². The van der Waals surface area contributed by atoms with E-state index in [4.69, 9.17) is 0 Å². The molecule has 0 bridgehead atoms. The highest BCUT2D eigenvalue weighted by atomic mass is 19.1. The van der Waals surface area contributed by atoms with Gasteiger partial charge in [0.15, 0.2) is 5.82 Å². The van der Waals surface area contributed by atoms with Crippen molar-refractivity contribution < 1.29 is 14.0 Å². The van der Waals surface area contributed by atoms with Crippen LogP contribution in [0.4, 0.5) is 10.1 Å². The number of nitrogens with zero attached hydrogens (tertiary/aromatic N) is 2. The van der Waals surface area contributed by atoms with Gasteiger partial charge in [-0.2, -0.15) is 0 Å². The summed E-state index contributed by atoms with van der Waals surface area (Å²) in [5.74, 6) is -0.832. The second kappa shape index (κ2) is 7.50. The van der Waals surface area contributed by atoms with Crippen molar-refractivity contribution >= 4 is 17.5 Å². The number of fused-ring (bicyclic) bond motifs is 1. The fourth-order valence-electron chi connectivity index (χ4n) is 3.98. The van der Waals surface area contributed by atoms with Crippen molar-refractivity contribution in [3.8, 4) is 0 Å². The maximum Gasteiger partial charge on any atom is 0.291 e. The van der Waals surface area contributed by atoms with Crippen LogP contribution in [0, 0.1) is 5.82 Å². The zero-order valence-electron chi connectivity index (χ0n) is 15.1. The molecule has 0 saturated heterocycles. The topological polar surface area (TPSA) is 76.0 Å². The van der Waals surface area contributed by atoms with E-state index in [1.807, 2.05) is 4.57 Å². The molecule has 2 aromatic rings. The van der Waals surface area contributed by atoms with Gasteiger partial charge >= 0.3 is 0 Å². The Bertz CT molecular complexity index is 871. The molecule has 2 heterocycles. The van der Waals surface area contributed by atoms with Crippen LogP contribution in [-0.2, 0) is 13.0 Å². The number of benzene rings is 1. The summed E-state index contributed by atoms with van der Waals surface area (Å²) >= 11 is 0. The third-order valence-corrected chi connectivity index (χ3v) is 5.31. The number of nitrogens with one attached hydrogen (secondary N) is 2. The molecule has 27 heavy (non-hydrogen) atoms. The molecule has 1 aliphatic heterocycles. The fraction of sp³-hybridized carbons (Fsp3) is 0.450. The van der Waals surface area contributed by atoms with Crippen molar-refractivity contribution in [3.05, 3.63) is 47.3 Å². The molecule has 7 heteroatoms. The highest BCUT2D eigenvalue weighted by Crippen LogP contribution is 2.23. The van der Waals surface area contributed by atoms with Gasteiger partial charge in [-0.1, -0.05) is 18.9 Å². The van der Waals surface area contributed by atoms with Crippen molar-refractivity contribution in [2.45, 2.75) is 57.5 Å². The van der Waals surface area contributed by atoms with Crippen LogP contribution in [0.5, 0.6) is 0 Å². The first-order valence-electron chi connectivity index (χ1n) is 9.59. The summed E-state index contributed by atoms with van der Waals surface area (Å²) in [7, 11) is 0. The third kappa shape index (κ3) is 3.72. The van der Waals surface area contributed by atoms with Crippen molar-refractivity contribution in [2.75, 3.05) is 5.32 Å². The Morgan fingerprint density at radius 1 is 1.11 bits per heavy atom. The van der Waals surface area contributed by atoms with Crippen molar-refractivity contribution in [2.24, 2.45) is 0 Å². The maximum absolute atomic E-state index is 13.4. The van der Waals surface area contributed by atoms with Crippen LogP contribution in [-0.4, -0.2) is 27.4 Å². The van der Waals surface area contributed by atoms with E-state index in [-0.39, 0.29) is 17.8 Å². The number of imidazole rings is 1. The largest absolute Gasteiger partial charge is 0.348 e. The minimum Gasteiger partial charge on any atom is -0.348 e. The Morgan fingerprint density at radius 3 is 2.70 bits per heavy atom. The SMILES string of the molecule is O=C(NC1CCCC1)c1nc(C(=O)Nc2cccc(F)c2)n2c1CCCC2. The molecule has 1 fully saturated rings. The monoisotopic (exact) mass is 370 g/mol. The Balaban J connectivity index is 1.59. The van der Waals surface area contributed by atoms with E-state index in [0.717, 1.165) is 50.6 Å². The molecular formula is C20H23FN4O2. The lowest BCUT2D eigenvalue weighted by atomic mass is 10.1. The molecule has 1 aromatic heterocycles. The molecule has 142 valence electrons. The first kappa shape index (κ1) is 17.7. The quantitative estimate of drug-likeness (QED) is 0.867. The van der Waals surface area contributed by atoms with Crippen LogP contribution in [0.15, 0.2) is 24.3 Å². The van der Waals surface area contributed by atoms with Gasteiger partial charge in [0, 0.05) is 18.3 Å². The smallest absolute Gasteiger partial charge is 0.291 e. The number of amides is 2. The van der Waals surface area contributed by atoms with Crippen LogP contribution in [0.2, 0.25) is 0 Å². The maximum atomic E-state index is 13.4. The summed E-state index contributed by atoms with van der Waals surface area (Å²) in [6.07, 6.45) is 6.89. The van der Waals surface area contributed by atoms with E-state index in [1.165, 1.54) is 18.2 Å². The molecule has 2 aliphatic rings. The zero-order chi connectivity index (χ0) is 18.8. The van der Waals surface area contributed by atoms with Crippen LogP contribution >= 0.6 is 0 Å². The van der Waals surface area contributed by atoms with Crippen molar-refractivity contribution in [3.63, 3.8) is 0 Å². The van der Waals surface area contributed by atoms with E-state index in [2.05, 4.69) is 15.6 Å². The van der Waals surface area contributed by atoms with E-state index in [0.29, 0.717) is 17.9 Å². The van der Waals surface area contributed by atoms with Crippen molar-refractivity contribution in [1.82, 2.24) is 14.9 Å². The summed E-state index contributed by atoms with van der Waals surface area (Å²) in [5.41, 5.74) is 1.54. The van der Waals surface area contributed by atoms with Crippen LogP contribution in [0.25, 0.3) is 0 Å². The number of hydrogen-bond donors (Lipinski definition) is 2. The molecule has 4 rings (SSSR count). The Hall–Kier alpha value is -2.70. The Labute approximate surface area is 157 Å². The van der Waals surface area contributed by atoms with Crippen molar-refractivity contribution in [1.29, 1.82) is 0 Å². The molecular weight excluding hydrogens is 347 g/mol. The Kier molecular flexibility index (Phi) is 4.92. The fourth-order valence-corrected chi connectivity index (χ4v) is 3.98. The van der Waals surface area contributed by atoms with Crippen LogP contribution in [0.1, 0.15) is 65.3 Å². The number of halogens is 1. The lowest BCUT2D eigenvalue weighted by Crippen LogP contribution is -2.33. The number of carbonyl (C=O) groups is 2. The lowest BCUT2D eigenvalue weighted by Gasteiger charge is -2.17. The first-order chi connectivity index (χ1) is 13.1. The Morgan fingerprint density at radius 2 is 1.93 bits per heavy atom. The lowest BCUT2D eigenvalue weighted by molar-refractivity contribution is 0.0931. The van der Waals surface area contributed by atoms with E-state index in [9.17, 15) is 14.0 Å².